The normalized spacial score (nSPS) is 19.1. The SMILES string of the molecule is C=CC1CC(=O)N(c2ccc(C(=O)O)cc2Br)C1. The monoisotopic (exact) mass is 309 g/mol. The number of aromatic carboxylic acids is 1. The van der Waals surface area contributed by atoms with Crippen molar-refractivity contribution in [2.45, 2.75) is 6.42 Å². The Labute approximate surface area is 113 Å². The number of carboxylic acid groups (broad SMARTS) is 1. The van der Waals surface area contributed by atoms with E-state index in [4.69, 9.17) is 5.11 Å². The van der Waals surface area contributed by atoms with E-state index in [0.29, 0.717) is 23.1 Å². The molecule has 1 atom stereocenters. The van der Waals surface area contributed by atoms with Crippen molar-refractivity contribution in [1.29, 1.82) is 0 Å². The molecule has 0 aromatic heterocycles. The number of benzene rings is 1. The van der Waals surface area contributed by atoms with Crippen LogP contribution in [0, 0.1) is 5.92 Å². The summed E-state index contributed by atoms with van der Waals surface area (Å²) in [5, 5.41) is 8.88. The van der Waals surface area contributed by atoms with Gasteiger partial charge >= 0.3 is 5.97 Å². The Kier molecular flexibility index (Phi) is 3.52. The molecule has 1 N–H and O–H groups in total. The van der Waals surface area contributed by atoms with Gasteiger partial charge in [0.05, 0.1) is 11.3 Å². The molecule has 94 valence electrons. The van der Waals surface area contributed by atoms with Crippen molar-refractivity contribution in [3.63, 3.8) is 0 Å². The van der Waals surface area contributed by atoms with Crippen molar-refractivity contribution in [3.05, 3.63) is 40.9 Å². The number of rotatable bonds is 3. The lowest BCUT2D eigenvalue weighted by Gasteiger charge is -2.18. The summed E-state index contributed by atoms with van der Waals surface area (Å²) >= 11 is 3.31. The summed E-state index contributed by atoms with van der Waals surface area (Å²) in [5.74, 6) is -0.800. The molecule has 1 fully saturated rings. The molecule has 18 heavy (non-hydrogen) atoms. The van der Waals surface area contributed by atoms with Gasteiger partial charge in [0.2, 0.25) is 5.91 Å². The van der Waals surface area contributed by atoms with Gasteiger partial charge in [-0.2, -0.15) is 0 Å². The van der Waals surface area contributed by atoms with Crippen LogP contribution in [0.15, 0.2) is 35.3 Å². The highest BCUT2D eigenvalue weighted by Crippen LogP contribution is 2.32. The van der Waals surface area contributed by atoms with E-state index in [9.17, 15) is 9.59 Å². The molecule has 2 rings (SSSR count). The van der Waals surface area contributed by atoms with Crippen molar-refractivity contribution in [2.24, 2.45) is 5.92 Å². The molecule has 1 aromatic carbocycles. The van der Waals surface area contributed by atoms with Crippen LogP contribution in [-0.4, -0.2) is 23.5 Å². The van der Waals surface area contributed by atoms with Crippen molar-refractivity contribution in [3.8, 4) is 0 Å². The standard InChI is InChI=1S/C13H12BrNO3/c1-2-8-5-12(16)15(7-8)11-4-3-9(13(17)18)6-10(11)14/h2-4,6,8H,1,5,7H2,(H,17,18). The molecule has 0 radical (unpaired) electrons. The van der Waals surface area contributed by atoms with Crippen LogP contribution in [0.3, 0.4) is 0 Å². The summed E-state index contributed by atoms with van der Waals surface area (Å²) in [6.07, 6.45) is 2.23. The van der Waals surface area contributed by atoms with E-state index < -0.39 is 5.97 Å². The second-order valence-corrected chi connectivity index (χ2v) is 5.03. The maximum absolute atomic E-state index is 11.9. The molecule has 1 heterocycles. The first kappa shape index (κ1) is 12.8. The molecule has 0 bridgehead atoms. The van der Waals surface area contributed by atoms with E-state index in [1.54, 1.807) is 17.0 Å². The largest absolute Gasteiger partial charge is 0.478 e. The molecule has 1 aromatic rings. The van der Waals surface area contributed by atoms with E-state index in [1.807, 2.05) is 0 Å². The van der Waals surface area contributed by atoms with Crippen molar-refractivity contribution >= 4 is 33.5 Å². The Morgan fingerprint density at radius 3 is 2.78 bits per heavy atom. The van der Waals surface area contributed by atoms with E-state index in [-0.39, 0.29) is 17.4 Å². The molecular weight excluding hydrogens is 298 g/mol. The smallest absolute Gasteiger partial charge is 0.335 e. The van der Waals surface area contributed by atoms with Gasteiger partial charge in [-0.25, -0.2) is 4.79 Å². The first-order chi connectivity index (χ1) is 8.52. The molecular formula is C13H12BrNO3. The van der Waals surface area contributed by atoms with Crippen LogP contribution in [0.5, 0.6) is 0 Å². The minimum absolute atomic E-state index is 0.0312. The molecule has 0 spiro atoms. The zero-order chi connectivity index (χ0) is 13.3. The van der Waals surface area contributed by atoms with Crippen molar-refractivity contribution < 1.29 is 14.7 Å². The zero-order valence-corrected chi connectivity index (χ0v) is 11.2. The Morgan fingerprint density at radius 1 is 1.56 bits per heavy atom. The maximum Gasteiger partial charge on any atom is 0.335 e. The average molecular weight is 310 g/mol. The predicted molar refractivity (Wildman–Crippen MR) is 71.8 cm³/mol. The Morgan fingerprint density at radius 2 is 2.28 bits per heavy atom. The molecule has 0 saturated carbocycles. The van der Waals surface area contributed by atoms with Gasteiger partial charge in [-0.1, -0.05) is 6.08 Å². The van der Waals surface area contributed by atoms with E-state index >= 15 is 0 Å². The summed E-state index contributed by atoms with van der Waals surface area (Å²) in [6.45, 7) is 4.29. The van der Waals surface area contributed by atoms with Gasteiger partial charge in [-0.15, -0.1) is 6.58 Å². The number of hydrogen-bond donors (Lipinski definition) is 1. The molecule has 1 aliphatic heterocycles. The Bertz CT molecular complexity index is 527. The number of carbonyl (C=O) groups is 2. The van der Waals surface area contributed by atoms with Crippen molar-refractivity contribution in [2.75, 3.05) is 11.4 Å². The minimum atomic E-state index is -0.987. The molecule has 1 saturated heterocycles. The van der Waals surface area contributed by atoms with Gasteiger partial charge < -0.3 is 10.0 Å². The second kappa shape index (κ2) is 4.94. The molecule has 4 nitrogen and oxygen atoms in total. The van der Waals surface area contributed by atoms with Gasteiger partial charge in [0.15, 0.2) is 0 Å². The Balaban J connectivity index is 2.32. The number of carbonyl (C=O) groups excluding carboxylic acids is 1. The molecule has 5 heteroatoms. The number of halogens is 1. The van der Waals surface area contributed by atoms with Gasteiger partial charge in [-0.3, -0.25) is 4.79 Å². The highest BCUT2D eigenvalue weighted by Gasteiger charge is 2.29. The van der Waals surface area contributed by atoms with E-state index in [0.717, 1.165) is 0 Å². The summed E-state index contributed by atoms with van der Waals surface area (Å²) < 4.78 is 0.612. The molecule has 0 aliphatic carbocycles. The summed E-state index contributed by atoms with van der Waals surface area (Å²) in [6, 6.07) is 4.65. The van der Waals surface area contributed by atoms with Crippen LogP contribution >= 0.6 is 15.9 Å². The van der Waals surface area contributed by atoms with E-state index in [1.165, 1.54) is 12.1 Å². The summed E-state index contributed by atoms with van der Waals surface area (Å²) in [4.78, 5) is 24.3. The highest BCUT2D eigenvalue weighted by molar-refractivity contribution is 9.10. The van der Waals surface area contributed by atoms with Gasteiger partial charge in [-0.05, 0) is 34.1 Å². The quantitative estimate of drug-likeness (QED) is 0.873. The lowest BCUT2D eigenvalue weighted by atomic mass is 10.1. The van der Waals surface area contributed by atoms with Gasteiger partial charge in [0, 0.05) is 23.4 Å². The molecule has 1 unspecified atom stereocenters. The first-order valence-electron chi connectivity index (χ1n) is 5.48. The fourth-order valence-corrected chi connectivity index (χ4v) is 2.58. The number of carboxylic acids is 1. The first-order valence-corrected chi connectivity index (χ1v) is 6.28. The van der Waals surface area contributed by atoms with Crippen LogP contribution in [0.2, 0.25) is 0 Å². The predicted octanol–water partition coefficient (Wildman–Crippen LogP) is 2.69. The van der Waals surface area contributed by atoms with Gasteiger partial charge in [0.1, 0.15) is 0 Å². The third-order valence-corrected chi connectivity index (χ3v) is 3.61. The lowest BCUT2D eigenvalue weighted by molar-refractivity contribution is -0.117. The van der Waals surface area contributed by atoms with Crippen molar-refractivity contribution in [1.82, 2.24) is 0 Å². The number of anilines is 1. The third-order valence-electron chi connectivity index (χ3n) is 2.97. The topological polar surface area (TPSA) is 57.6 Å². The van der Waals surface area contributed by atoms with Crippen LogP contribution < -0.4 is 4.90 Å². The van der Waals surface area contributed by atoms with Gasteiger partial charge in [0.25, 0.3) is 0 Å². The van der Waals surface area contributed by atoms with Crippen LogP contribution in [0.1, 0.15) is 16.8 Å². The zero-order valence-electron chi connectivity index (χ0n) is 9.60. The number of hydrogen-bond acceptors (Lipinski definition) is 2. The van der Waals surface area contributed by atoms with Crippen LogP contribution in [0.25, 0.3) is 0 Å². The lowest BCUT2D eigenvalue weighted by Crippen LogP contribution is -2.24. The molecule has 1 amide bonds. The minimum Gasteiger partial charge on any atom is -0.478 e. The average Bonchev–Trinajstić information content (AvgIpc) is 2.70. The fraction of sp³-hybridized carbons (Fsp3) is 0.231. The number of nitrogens with zero attached hydrogens (tertiary/aromatic N) is 1. The van der Waals surface area contributed by atoms with Crippen LogP contribution in [-0.2, 0) is 4.79 Å². The second-order valence-electron chi connectivity index (χ2n) is 4.18. The molecule has 1 aliphatic rings. The Hall–Kier alpha value is -1.62. The van der Waals surface area contributed by atoms with Crippen LogP contribution in [0.4, 0.5) is 5.69 Å². The maximum atomic E-state index is 11.9. The third kappa shape index (κ3) is 2.31. The number of amides is 1. The summed E-state index contributed by atoms with van der Waals surface area (Å²) in [5.41, 5.74) is 0.895. The highest BCUT2D eigenvalue weighted by atomic mass is 79.9. The van der Waals surface area contributed by atoms with E-state index in [2.05, 4.69) is 22.5 Å². The fourth-order valence-electron chi connectivity index (χ4n) is 1.98. The summed E-state index contributed by atoms with van der Waals surface area (Å²) in [7, 11) is 0.